The highest BCUT2D eigenvalue weighted by Gasteiger charge is 2.28. The third-order valence-corrected chi connectivity index (χ3v) is 3.98. The van der Waals surface area contributed by atoms with Crippen molar-refractivity contribution in [2.24, 2.45) is 0 Å². The average Bonchev–Trinajstić information content (AvgIpc) is 2.71. The van der Waals surface area contributed by atoms with Gasteiger partial charge in [0.15, 0.2) is 11.4 Å². The number of carbonyl (C=O) groups excluding carboxylic acids is 1. The monoisotopic (exact) mass is 374 g/mol. The van der Waals surface area contributed by atoms with E-state index in [9.17, 15) is 24.6 Å². The Hall–Kier alpha value is -4.27. The predicted molar refractivity (Wildman–Crippen MR) is 96.4 cm³/mol. The van der Waals surface area contributed by atoms with Gasteiger partial charge in [0.05, 0.1) is 22.1 Å². The highest BCUT2D eigenvalue weighted by Crippen LogP contribution is 2.19. The lowest BCUT2D eigenvalue weighted by molar-refractivity contribution is 0.0680. The van der Waals surface area contributed by atoms with Crippen LogP contribution in [0, 0.1) is 0 Å². The Bertz CT molecular complexity index is 1200. The van der Waals surface area contributed by atoms with Crippen molar-refractivity contribution in [3.05, 3.63) is 71.3 Å². The molecular formula is C19H10N4O5. The number of carboxylic acids is 2. The Morgan fingerprint density at radius 3 is 1.11 bits per heavy atom. The highest BCUT2D eigenvalue weighted by atomic mass is 16.4. The molecule has 2 aromatic heterocycles. The van der Waals surface area contributed by atoms with Crippen molar-refractivity contribution in [1.82, 2.24) is 19.9 Å². The number of carboxylic acid groups (broad SMARTS) is 2. The molecular weight excluding hydrogens is 364 g/mol. The zero-order chi connectivity index (χ0) is 19.8. The molecule has 9 nitrogen and oxygen atoms in total. The lowest BCUT2D eigenvalue weighted by Crippen LogP contribution is -2.19. The topological polar surface area (TPSA) is 143 Å². The molecule has 9 heteroatoms. The molecule has 136 valence electrons. The van der Waals surface area contributed by atoms with Gasteiger partial charge in [-0.15, -0.1) is 0 Å². The second-order valence-electron chi connectivity index (χ2n) is 5.76. The van der Waals surface area contributed by atoms with Crippen LogP contribution in [0.25, 0.3) is 22.1 Å². The third-order valence-electron chi connectivity index (χ3n) is 3.98. The summed E-state index contributed by atoms with van der Waals surface area (Å²) in [5.74, 6) is -3.91. The smallest absolute Gasteiger partial charge is 0.356 e. The van der Waals surface area contributed by atoms with Crippen LogP contribution >= 0.6 is 0 Å². The summed E-state index contributed by atoms with van der Waals surface area (Å²) in [6.45, 7) is 0. The zero-order valence-corrected chi connectivity index (χ0v) is 14.0. The minimum absolute atomic E-state index is 0.291. The molecule has 0 aliphatic rings. The maximum absolute atomic E-state index is 13.1. The van der Waals surface area contributed by atoms with E-state index in [1.165, 1.54) is 0 Å². The first-order chi connectivity index (χ1) is 13.5. The van der Waals surface area contributed by atoms with E-state index >= 15 is 0 Å². The highest BCUT2D eigenvalue weighted by molar-refractivity contribution is 6.16. The molecule has 0 aliphatic carbocycles. The number of carbonyl (C=O) groups is 3. The largest absolute Gasteiger partial charge is 0.476 e. The summed E-state index contributed by atoms with van der Waals surface area (Å²) < 4.78 is 0. The van der Waals surface area contributed by atoms with E-state index in [0.29, 0.717) is 22.1 Å². The second kappa shape index (κ2) is 6.47. The molecule has 4 rings (SSSR count). The molecule has 4 aromatic rings. The minimum Gasteiger partial charge on any atom is -0.476 e. The van der Waals surface area contributed by atoms with Crippen LogP contribution in [-0.4, -0.2) is 47.9 Å². The fourth-order valence-corrected chi connectivity index (χ4v) is 2.73. The molecule has 0 saturated heterocycles. The van der Waals surface area contributed by atoms with Crippen molar-refractivity contribution in [2.75, 3.05) is 0 Å². The number of rotatable bonds is 4. The van der Waals surface area contributed by atoms with Crippen LogP contribution in [0.1, 0.15) is 37.2 Å². The summed E-state index contributed by atoms with van der Waals surface area (Å²) in [5.41, 5.74) is -1.01. The molecule has 0 fully saturated rings. The van der Waals surface area contributed by atoms with Crippen LogP contribution in [-0.2, 0) is 0 Å². The van der Waals surface area contributed by atoms with E-state index in [0.717, 1.165) is 0 Å². The Balaban J connectivity index is 1.99. The lowest BCUT2D eigenvalue weighted by atomic mass is 10.1. The van der Waals surface area contributed by atoms with E-state index in [1.54, 1.807) is 48.5 Å². The molecule has 0 spiro atoms. The Kier molecular flexibility index (Phi) is 3.96. The lowest BCUT2D eigenvalue weighted by Gasteiger charge is -2.08. The van der Waals surface area contributed by atoms with Gasteiger partial charge in [-0.2, -0.15) is 0 Å². The quantitative estimate of drug-likeness (QED) is 0.514. The number of benzene rings is 2. The van der Waals surface area contributed by atoms with Gasteiger partial charge < -0.3 is 10.2 Å². The molecule has 0 unspecified atom stereocenters. The van der Waals surface area contributed by atoms with Crippen molar-refractivity contribution in [3.63, 3.8) is 0 Å². The first-order valence-corrected chi connectivity index (χ1v) is 8.00. The molecule has 2 heterocycles. The van der Waals surface area contributed by atoms with Crippen LogP contribution in [0.4, 0.5) is 0 Å². The minimum atomic E-state index is -1.47. The summed E-state index contributed by atoms with van der Waals surface area (Å²) in [6, 6.07) is 12.9. The molecule has 0 bridgehead atoms. The van der Waals surface area contributed by atoms with Gasteiger partial charge in [-0.1, -0.05) is 24.3 Å². The molecule has 0 saturated carbocycles. The second-order valence-corrected chi connectivity index (χ2v) is 5.76. The van der Waals surface area contributed by atoms with Gasteiger partial charge in [0.1, 0.15) is 11.4 Å². The number of nitrogens with zero attached hydrogens (tertiary/aromatic N) is 4. The summed E-state index contributed by atoms with van der Waals surface area (Å²) in [4.78, 5) is 52.5. The first kappa shape index (κ1) is 17.2. The Labute approximate surface area is 156 Å². The van der Waals surface area contributed by atoms with Crippen LogP contribution in [0.15, 0.2) is 48.5 Å². The predicted octanol–water partition coefficient (Wildman–Crippen LogP) is 2.20. The van der Waals surface area contributed by atoms with Crippen molar-refractivity contribution in [2.45, 2.75) is 0 Å². The van der Waals surface area contributed by atoms with Gasteiger partial charge in [-0.05, 0) is 24.3 Å². The van der Waals surface area contributed by atoms with Crippen LogP contribution < -0.4 is 0 Å². The van der Waals surface area contributed by atoms with Gasteiger partial charge in [0.25, 0.3) is 0 Å². The van der Waals surface area contributed by atoms with Crippen LogP contribution in [0.3, 0.4) is 0 Å². The van der Waals surface area contributed by atoms with Crippen LogP contribution in [0.5, 0.6) is 0 Å². The molecule has 0 amide bonds. The van der Waals surface area contributed by atoms with Crippen molar-refractivity contribution in [3.8, 4) is 0 Å². The third kappa shape index (κ3) is 2.80. The van der Waals surface area contributed by atoms with Crippen molar-refractivity contribution < 1.29 is 24.6 Å². The van der Waals surface area contributed by atoms with Gasteiger partial charge in [0, 0.05) is 0 Å². The number of para-hydroxylation sites is 4. The fourth-order valence-electron chi connectivity index (χ4n) is 2.73. The van der Waals surface area contributed by atoms with Gasteiger partial charge >= 0.3 is 11.9 Å². The Morgan fingerprint density at radius 1 is 0.536 bits per heavy atom. The number of fused-ring (bicyclic) bond motifs is 2. The number of aromatic carboxylic acids is 2. The van der Waals surface area contributed by atoms with E-state index < -0.39 is 40.5 Å². The molecule has 28 heavy (non-hydrogen) atoms. The summed E-state index contributed by atoms with van der Waals surface area (Å²) in [7, 11) is 0. The Morgan fingerprint density at radius 2 is 0.821 bits per heavy atom. The normalized spacial score (nSPS) is 10.9. The summed E-state index contributed by atoms with van der Waals surface area (Å²) >= 11 is 0. The van der Waals surface area contributed by atoms with E-state index in [1.807, 2.05) is 0 Å². The van der Waals surface area contributed by atoms with Gasteiger partial charge in [-0.3, -0.25) is 4.79 Å². The molecule has 0 aliphatic heterocycles. The van der Waals surface area contributed by atoms with Gasteiger partial charge in [-0.25, -0.2) is 29.5 Å². The van der Waals surface area contributed by atoms with E-state index in [2.05, 4.69) is 19.9 Å². The SMILES string of the molecule is O=C(O)c1nc2ccccc2nc1C(=O)c1nc2ccccc2nc1C(=O)O. The first-order valence-electron chi connectivity index (χ1n) is 8.00. The number of aromatic nitrogens is 4. The van der Waals surface area contributed by atoms with E-state index in [-0.39, 0.29) is 0 Å². The maximum atomic E-state index is 13.1. The average molecular weight is 374 g/mol. The summed E-state index contributed by atoms with van der Waals surface area (Å²) in [5, 5.41) is 18.9. The standard InChI is InChI=1S/C19H10N4O5/c24-17(13-15(18(25)26)22-11-7-3-1-5-9(11)20-13)14-16(19(27)28)23-12-8-4-2-6-10(12)21-14/h1-8H,(H,25,26)(H,27,28). The number of ketones is 1. The maximum Gasteiger partial charge on any atom is 0.356 e. The van der Waals surface area contributed by atoms with E-state index in [4.69, 9.17) is 0 Å². The zero-order valence-electron chi connectivity index (χ0n) is 14.0. The van der Waals surface area contributed by atoms with Crippen LogP contribution in [0.2, 0.25) is 0 Å². The summed E-state index contributed by atoms with van der Waals surface area (Å²) in [6.07, 6.45) is 0. The van der Waals surface area contributed by atoms with Crippen molar-refractivity contribution >= 4 is 39.8 Å². The van der Waals surface area contributed by atoms with Gasteiger partial charge in [0.2, 0.25) is 5.78 Å². The number of hydrogen-bond donors (Lipinski definition) is 2. The molecule has 0 atom stereocenters. The molecule has 0 radical (unpaired) electrons. The fraction of sp³-hybridized carbons (Fsp3) is 0. The molecule has 2 N–H and O–H groups in total. The number of hydrogen-bond acceptors (Lipinski definition) is 7. The molecule has 2 aromatic carbocycles. The van der Waals surface area contributed by atoms with Crippen molar-refractivity contribution in [1.29, 1.82) is 0 Å².